The van der Waals surface area contributed by atoms with Gasteiger partial charge in [-0.1, -0.05) is 25.7 Å². The van der Waals surface area contributed by atoms with Gasteiger partial charge in [-0.3, -0.25) is 9.59 Å². The second-order valence-electron chi connectivity index (χ2n) is 5.47. The molecule has 2 N–H and O–H groups in total. The molecular weight excluding hydrogens is 370 g/mol. The van der Waals surface area contributed by atoms with Gasteiger partial charge in [-0.25, -0.2) is 0 Å². The van der Waals surface area contributed by atoms with Crippen LogP contribution < -0.4 is 10.1 Å². The molecule has 1 heterocycles. The lowest BCUT2D eigenvalue weighted by Gasteiger charge is -2.27. The van der Waals surface area contributed by atoms with E-state index in [1.54, 1.807) is 13.2 Å². The van der Waals surface area contributed by atoms with Crippen molar-refractivity contribution in [3.05, 3.63) is 14.7 Å². The number of rotatable bonds is 4. The highest BCUT2D eigenvalue weighted by atomic mass is 79.9. The molecule has 1 saturated carbocycles. The molecule has 2 rings (SSSR count). The molecule has 1 aliphatic carbocycles. The Morgan fingerprint density at radius 2 is 2.00 bits per heavy atom. The summed E-state index contributed by atoms with van der Waals surface area (Å²) in [6.07, 6.45) is 5.36. The number of thiophene rings is 1. The average Bonchev–Trinajstić information content (AvgIpc) is 2.82. The van der Waals surface area contributed by atoms with E-state index in [9.17, 15) is 14.7 Å². The van der Waals surface area contributed by atoms with Crippen molar-refractivity contribution in [1.29, 1.82) is 0 Å². The third kappa shape index (κ3) is 4.23. The van der Waals surface area contributed by atoms with Gasteiger partial charge in [-0.05, 0) is 28.8 Å². The van der Waals surface area contributed by atoms with Crippen molar-refractivity contribution in [2.45, 2.75) is 44.6 Å². The Hall–Kier alpha value is -1.08. The molecular formula is C15H20BrNO4S. The molecule has 0 aromatic carbocycles. The van der Waals surface area contributed by atoms with Gasteiger partial charge in [-0.15, -0.1) is 11.3 Å². The number of carbonyl (C=O) groups excluding carboxylic acids is 1. The van der Waals surface area contributed by atoms with Crippen LogP contribution in [-0.2, 0) is 4.79 Å². The van der Waals surface area contributed by atoms with E-state index in [0.717, 1.165) is 29.5 Å². The summed E-state index contributed by atoms with van der Waals surface area (Å²) in [7, 11) is 1.55. The molecule has 1 aromatic heterocycles. The van der Waals surface area contributed by atoms with Crippen LogP contribution in [0.1, 0.15) is 48.2 Å². The molecule has 1 aliphatic rings. The van der Waals surface area contributed by atoms with Crippen molar-refractivity contribution < 1.29 is 19.4 Å². The third-order valence-electron chi connectivity index (χ3n) is 4.00. The first-order valence-electron chi connectivity index (χ1n) is 7.40. The zero-order valence-corrected chi connectivity index (χ0v) is 14.8. The Labute approximate surface area is 142 Å². The summed E-state index contributed by atoms with van der Waals surface area (Å²) in [5.41, 5.74) is 0. The summed E-state index contributed by atoms with van der Waals surface area (Å²) in [6.45, 7) is 0. The Bertz CT molecular complexity index is 546. The fraction of sp³-hybridized carbons (Fsp3) is 0.600. The van der Waals surface area contributed by atoms with Crippen LogP contribution in [0.25, 0.3) is 0 Å². The molecule has 0 spiro atoms. The monoisotopic (exact) mass is 389 g/mol. The number of nitrogens with one attached hydrogen (secondary N) is 1. The zero-order valence-electron chi connectivity index (χ0n) is 12.4. The minimum absolute atomic E-state index is 0.231. The standard InChI is InChI=1S/C15H20BrNO4S/c1-21-11-8-12(22-13(11)16)14(18)17-10-7-5-3-2-4-6-9(10)15(19)20/h8-10H,2-7H2,1H3,(H,17,18)(H,19,20). The molecule has 1 amide bonds. The van der Waals surface area contributed by atoms with Crippen LogP contribution in [-0.4, -0.2) is 30.1 Å². The minimum Gasteiger partial charge on any atom is -0.495 e. The number of methoxy groups -OCH3 is 1. The van der Waals surface area contributed by atoms with Gasteiger partial charge < -0.3 is 15.2 Å². The van der Waals surface area contributed by atoms with Gasteiger partial charge in [0.2, 0.25) is 0 Å². The highest BCUT2D eigenvalue weighted by molar-refractivity contribution is 9.11. The predicted octanol–water partition coefficient (Wildman–Crippen LogP) is 3.67. The number of halogens is 1. The molecule has 2 atom stereocenters. The van der Waals surface area contributed by atoms with Crippen molar-refractivity contribution in [2.75, 3.05) is 7.11 Å². The number of carboxylic acids is 1. The summed E-state index contributed by atoms with van der Waals surface area (Å²) in [5.74, 6) is -0.944. The molecule has 22 heavy (non-hydrogen) atoms. The molecule has 1 aromatic rings. The van der Waals surface area contributed by atoms with E-state index in [4.69, 9.17) is 4.74 Å². The Kier molecular flexibility index (Phi) is 6.26. The molecule has 2 unspecified atom stereocenters. The van der Waals surface area contributed by atoms with Gasteiger partial charge in [0.1, 0.15) is 9.54 Å². The summed E-state index contributed by atoms with van der Waals surface area (Å²) >= 11 is 4.63. The first kappa shape index (κ1) is 17.3. The number of hydrogen-bond acceptors (Lipinski definition) is 4. The van der Waals surface area contributed by atoms with Gasteiger partial charge in [0.15, 0.2) is 0 Å². The maximum Gasteiger partial charge on any atom is 0.308 e. The summed E-state index contributed by atoms with van der Waals surface area (Å²) in [6, 6.07) is 1.36. The lowest BCUT2D eigenvalue weighted by molar-refractivity contribution is -0.143. The van der Waals surface area contributed by atoms with E-state index >= 15 is 0 Å². The minimum atomic E-state index is -0.822. The highest BCUT2D eigenvalue weighted by Gasteiger charge is 2.30. The van der Waals surface area contributed by atoms with E-state index in [1.165, 1.54) is 11.3 Å². The number of carboxylic acid groups (broad SMARTS) is 1. The van der Waals surface area contributed by atoms with Gasteiger partial charge in [0.05, 0.1) is 17.9 Å². The fourth-order valence-electron chi connectivity index (χ4n) is 2.80. The number of hydrogen-bond donors (Lipinski definition) is 2. The maximum atomic E-state index is 12.4. The molecule has 0 aliphatic heterocycles. The average molecular weight is 390 g/mol. The van der Waals surface area contributed by atoms with E-state index in [-0.39, 0.29) is 11.9 Å². The van der Waals surface area contributed by atoms with Crippen LogP contribution in [0.5, 0.6) is 5.75 Å². The lowest BCUT2D eigenvalue weighted by Crippen LogP contribution is -2.43. The van der Waals surface area contributed by atoms with Crippen LogP contribution in [0.4, 0.5) is 0 Å². The quantitative estimate of drug-likeness (QED) is 0.823. The SMILES string of the molecule is COc1cc(C(=O)NC2CCCCCCC2C(=O)O)sc1Br. The molecule has 0 saturated heterocycles. The largest absolute Gasteiger partial charge is 0.495 e. The Balaban J connectivity index is 2.10. The van der Waals surface area contributed by atoms with Crippen LogP contribution in [0, 0.1) is 5.92 Å². The van der Waals surface area contributed by atoms with E-state index in [2.05, 4.69) is 21.2 Å². The fourth-order valence-corrected chi connectivity index (χ4v) is 4.35. The first-order valence-corrected chi connectivity index (χ1v) is 9.01. The van der Waals surface area contributed by atoms with Crippen molar-refractivity contribution in [3.63, 3.8) is 0 Å². The number of amides is 1. The molecule has 0 bridgehead atoms. The molecule has 122 valence electrons. The highest BCUT2D eigenvalue weighted by Crippen LogP contribution is 2.34. The van der Waals surface area contributed by atoms with Gasteiger partial charge in [0.25, 0.3) is 5.91 Å². The molecule has 5 nitrogen and oxygen atoms in total. The smallest absolute Gasteiger partial charge is 0.308 e. The van der Waals surface area contributed by atoms with Crippen LogP contribution >= 0.6 is 27.3 Å². The topological polar surface area (TPSA) is 75.6 Å². The predicted molar refractivity (Wildman–Crippen MR) is 88.7 cm³/mol. The van der Waals surface area contributed by atoms with Crippen molar-refractivity contribution in [2.24, 2.45) is 5.92 Å². The van der Waals surface area contributed by atoms with Gasteiger partial charge >= 0.3 is 5.97 Å². The molecule has 1 fully saturated rings. The van der Waals surface area contributed by atoms with Crippen molar-refractivity contribution in [1.82, 2.24) is 5.32 Å². The van der Waals surface area contributed by atoms with E-state index in [1.807, 2.05) is 0 Å². The van der Waals surface area contributed by atoms with Crippen LogP contribution in [0.3, 0.4) is 0 Å². The second kappa shape index (κ2) is 7.97. The summed E-state index contributed by atoms with van der Waals surface area (Å²) in [5, 5.41) is 12.3. The Morgan fingerprint density at radius 3 is 2.59 bits per heavy atom. The normalized spacial score (nSPS) is 22.5. The van der Waals surface area contributed by atoms with Gasteiger partial charge in [0, 0.05) is 12.1 Å². The number of carbonyl (C=O) groups is 2. The number of aliphatic carboxylic acids is 1. The van der Waals surface area contributed by atoms with Crippen molar-refractivity contribution >= 4 is 39.1 Å². The number of ether oxygens (including phenoxy) is 1. The Morgan fingerprint density at radius 1 is 1.32 bits per heavy atom. The molecule has 0 radical (unpaired) electrons. The zero-order chi connectivity index (χ0) is 16.1. The summed E-state index contributed by atoms with van der Waals surface area (Å²) < 4.78 is 5.91. The molecule has 7 heteroatoms. The van der Waals surface area contributed by atoms with Crippen molar-refractivity contribution in [3.8, 4) is 5.75 Å². The van der Waals surface area contributed by atoms with E-state index in [0.29, 0.717) is 23.5 Å². The lowest BCUT2D eigenvalue weighted by atomic mass is 9.87. The first-order chi connectivity index (χ1) is 10.5. The van der Waals surface area contributed by atoms with Gasteiger partial charge in [-0.2, -0.15) is 0 Å². The van der Waals surface area contributed by atoms with Crippen LogP contribution in [0.2, 0.25) is 0 Å². The van der Waals surface area contributed by atoms with Crippen LogP contribution in [0.15, 0.2) is 9.85 Å². The summed E-state index contributed by atoms with van der Waals surface area (Å²) in [4.78, 5) is 24.4. The van der Waals surface area contributed by atoms with E-state index < -0.39 is 11.9 Å². The third-order valence-corrected chi connectivity index (χ3v) is 5.78. The maximum absolute atomic E-state index is 12.4. The second-order valence-corrected chi connectivity index (χ2v) is 7.84.